The monoisotopic (exact) mass is 181 g/mol. The predicted octanol–water partition coefficient (Wildman–Crippen LogP) is 0.668. The fourth-order valence-corrected chi connectivity index (χ4v) is 1.51. The van der Waals surface area contributed by atoms with Crippen LogP contribution in [0.1, 0.15) is 19.8 Å². The van der Waals surface area contributed by atoms with Gasteiger partial charge in [0, 0.05) is 6.42 Å². The van der Waals surface area contributed by atoms with E-state index in [0.717, 1.165) is 0 Å². The molecule has 0 aromatic rings. The summed E-state index contributed by atoms with van der Waals surface area (Å²) < 4.78 is 4.76. The number of esters is 1. The Balaban J connectivity index is 2.66. The first-order valence-electron chi connectivity index (χ1n) is 4.29. The van der Waals surface area contributed by atoms with Crippen LogP contribution in [-0.2, 0) is 14.3 Å². The van der Waals surface area contributed by atoms with Crippen LogP contribution in [0.4, 0.5) is 0 Å². The maximum Gasteiger partial charge on any atom is 0.310 e. The number of carbonyl (C=O) groups excluding carboxylic acids is 2. The van der Waals surface area contributed by atoms with Gasteiger partial charge in [-0.2, -0.15) is 5.26 Å². The third kappa shape index (κ3) is 1.86. The molecule has 4 nitrogen and oxygen atoms in total. The fraction of sp³-hybridized carbons (Fsp3) is 0.667. The minimum atomic E-state index is -0.779. The van der Waals surface area contributed by atoms with E-state index < -0.39 is 17.8 Å². The van der Waals surface area contributed by atoms with Crippen LogP contribution >= 0.6 is 0 Å². The van der Waals surface area contributed by atoms with Crippen molar-refractivity contribution in [2.75, 3.05) is 6.61 Å². The van der Waals surface area contributed by atoms with Gasteiger partial charge < -0.3 is 4.74 Å². The molecule has 1 fully saturated rings. The van der Waals surface area contributed by atoms with Crippen molar-refractivity contribution in [2.45, 2.75) is 19.8 Å². The number of carbonyl (C=O) groups is 2. The first-order chi connectivity index (χ1) is 6.20. The van der Waals surface area contributed by atoms with Gasteiger partial charge in [-0.1, -0.05) is 0 Å². The summed E-state index contributed by atoms with van der Waals surface area (Å²) in [5.41, 5.74) is 0. The Bertz CT molecular complexity index is 267. The molecule has 13 heavy (non-hydrogen) atoms. The number of hydrogen-bond acceptors (Lipinski definition) is 4. The van der Waals surface area contributed by atoms with Crippen LogP contribution in [-0.4, -0.2) is 18.4 Å². The van der Waals surface area contributed by atoms with Gasteiger partial charge in [0.1, 0.15) is 5.92 Å². The van der Waals surface area contributed by atoms with Crippen molar-refractivity contribution >= 4 is 11.8 Å². The summed E-state index contributed by atoms with van der Waals surface area (Å²) in [6, 6.07) is 1.85. The largest absolute Gasteiger partial charge is 0.466 e. The molecule has 1 saturated carbocycles. The summed E-state index contributed by atoms with van der Waals surface area (Å²) in [5, 5.41) is 8.65. The maximum absolute atomic E-state index is 11.2. The number of nitriles is 1. The summed E-state index contributed by atoms with van der Waals surface area (Å²) in [6.45, 7) is 2.00. The van der Waals surface area contributed by atoms with Gasteiger partial charge in [-0.3, -0.25) is 9.59 Å². The zero-order chi connectivity index (χ0) is 9.84. The summed E-state index contributed by atoms with van der Waals surface area (Å²) in [5.74, 6) is -1.86. The molecule has 0 N–H and O–H groups in total. The molecule has 0 heterocycles. The van der Waals surface area contributed by atoms with E-state index in [9.17, 15) is 9.59 Å². The lowest BCUT2D eigenvalue weighted by atomic mass is 9.97. The van der Waals surface area contributed by atoms with Crippen molar-refractivity contribution in [3.63, 3.8) is 0 Å². The lowest BCUT2D eigenvalue weighted by molar-refractivity contribution is -0.149. The van der Waals surface area contributed by atoms with E-state index in [-0.39, 0.29) is 5.78 Å². The summed E-state index contributed by atoms with van der Waals surface area (Å²) in [4.78, 5) is 22.3. The van der Waals surface area contributed by atoms with E-state index in [1.54, 1.807) is 6.92 Å². The van der Waals surface area contributed by atoms with Crippen LogP contribution in [0.15, 0.2) is 0 Å². The zero-order valence-corrected chi connectivity index (χ0v) is 7.45. The molecule has 0 spiro atoms. The number of nitrogens with zero attached hydrogens (tertiary/aromatic N) is 1. The third-order valence-electron chi connectivity index (χ3n) is 2.18. The number of ether oxygens (including phenoxy) is 1. The first kappa shape index (κ1) is 9.72. The van der Waals surface area contributed by atoms with Gasteiger partial charge in [0.05, 0.1) is 18.6 Å². The highest BCUT2D eigenvalue weighted by Gasteiger charge is 2.40. The molecule has 1 aliphatic rings. The minimum absolute atomic E-state index is 0.138. The predicted molar refractivity (Wildman–Crippen MR) is 43.5 cm³/mol. The van der Waals surface area contributed by atoms with Crippen molar-refractivity contribution in [1.82, 2.24) is 0 Å². The van der Waals surface area contributed by atoms with Crippen LogP contribution in [0.5, 0.6) is 0 Å². The van der Waals surface area contributed by atoms with Gasteiger partial charge in [0.25, 0.3) is 0 Å². The Morgan fingerprint density at radius 1 is 1.77 bits per heavy atom. The molecule has 0 radical (unpaired) electrons. The smallest absolute Gasteiger partial charge is 0.310 e. The average Bonchev–Trinajstić information content (AvgIpc) is 2.47. The highest BCUT2D eigenvalue weighted by Crippen LogP contribution is 2.29. The molecular formula is C9H11NO3. The van der Waals surface area contributed by atoms with Gasteiger partial charge in [-0.05, 0) is 13.3 Å². The minimum Gasteiger partial charge on any atom is -0.466 e. The summed E-state index contributed by atoms with van der Waals surface area (Å²) >= 11 is 0. The second-order valence-electron chi connectivity index (χ2n) is 2.97. The van der Waals surface area contributed by atoms with E-state index in [4.69, 9.17) is 10.00 Å². The highest BCUT2D eigenvalue weighted by atomic mass is 16.5. The van der Waals surface area contributed by atoms with Gasteiger partial charge in [-0.15, -0.1) is 0 Å². The molecular weight excluding hydrogens is 170 g/mol. The van der Waals surface area contributed by atoms with E-state index in [0.29, 0.717) is 19.4 Å². The molecule has 2 atom stereocenters. The standard InChI is InChI=1S/C9H11NO3/c1-2-13-9(12)6-3-4-8(11)7(6)5-10/h6-7H,2-4H2,1H3. The molecule has 0 aliphatic heterocycles. The van der Waals surface area contributed by atoms with Crippen molar-refractivity contribution in [3.8, 4) is 6.07 Å². The fourth-order valence-electron chi connectivity index (χ4n) is 1.51. The molecule has 0 saturated heterocycles. The van der Waals surface area contributed by atoms with Crippen molar-refractivity contribution in [1.29, 1.82) is 5.26 Å². The van der Waals surface area contributed by atoms with E-state index >= 15 is 0 Å². The molecule has 0 aromatic heterocycles. The molecule has 1 rings (SSSR count). The van der Waals surface area contributed by atoms with Gasteiger partial charge in [0.15, 0.2) is 5.78 Å². The molecule has 70 valence electrons. The number of rotatable bonds is 2. The quantitative estimate of drug-likeness (QED) is 0.587. The lowest BCUT2D eigenvalue weighted by Crippen LogP contribution is -2.23. The van der Waals surface area contributed by atoms with Gasteiger partial charge in [0.2, 0.25) is 0 Å². The molecule has 0 amide bonds. The Hall–Kier alpha value is -1.37. The Kier molecular flexibility index (Phi) is 3.02. The van der Waals surface area contributed by atoms with Crippen molar-refractivity contribution < 1.29 is 14.3 Å². The Morgan fingerprint density at radius 2 is 2.46 bits per heavy atom. The first-order valence-corrected chi connectivity index (χ1v) is 4.29. The van der Waals surface area contributed by atoms with E-state index in [1.165, 1.54) is 0 Å². The van der Waals surface area contributed by atoms with E-state index in [2.05, 4.69) is 0 Å². The summed E-state index contributed by atoms with van der Waals surface area (Å²) in [6.07, 6.45) is 0.775. The molecule has 0 bridgehead atoms. The number of Topliss-reactive ketones (excluding diaryl/α,β-unsaturated/α-hetero) is 1. The van der Waals surface area contributed by atoms with Crippen molar-refractivity contribution in [3.05, 3.63) is 0 Å². The summed E-state index contributed by atoms with van der Waals surface area (Å²) in [7, 11) is 0. The number of ketones is 1. The average molecular weight is 181 g/mol. The molecule has 1 aliphatic carbocycles. The van der Waals surface area contributed by atoms with Crippen LogP contribution < -0.4 is 0 Å². The van der Waals surface area contributed by atoms with Crippen LogP contribution in [0, 0.1) is 23.2 Å². The lowest BCUT2D eigenvalue weighted by Gasteiger charge is -2.09. The Morgan fingerprint density at radius 3 is 3.00 bits per heavy atom. The molecule has 0 aromatic carbocycles. The maximum atomic E-state index is 11.2. The third-order valence-corrected chi connectivity index (χ3v) is 2.18. The molecule has 4 heteroatoms. The van der Waals surface area contributed by atoms with Crippen LogP contribution in [0.25, 0.3) is 0 Å². The molecule has 2 unspecified atom stereocenters. The zero-order valence-electron chi connectivity index (χ0n) is 7.45. The van der Waals surface area contributed by atoms with Gasteiger partial charge >= 0.3 is 5.97 Å². The normalized spacial score (nSPS) is 26.9. The number of hydrogen-bond donors (Lipinski definition) is 0. The second-order valence-corrected chi connectivity index (χ2v) is 2.97. The van der Waals surface area contributed by atoms with Crippen LogP contribution in [0.3, 0.4) is 0 Å². The van der Waals surface area contributed by atoms with Gasteiger partial charge in [-0.25, -0.2) is 0 Å². The Labute approximate surface area is 76.5 Å². The highest BCUT2D eigenvalue weighted by molar-refractivity contribution is 5.92. The van der Waals surface area contributed by atoms with Crippen molar-refractivity contribution in [2.24, 2.45) is 11.8 Å². The second kappa shape index (κ2) is 4.04. The topological polar surface area (TPSA) is 67.2 Å². The van der Waals surface area contributed by atoms with E-state index in [1.807, 2.05) is 6.07 Å². The van der Waals surface area contributed by atoms with Crippen LogP contribution in [0.2, 0.25) is 0 Å². The SMILES string of the molecule is CCOC(=O)C1CCC(=O)C1C#N.